The van der Waals surface area contributed by atoms with Crippen LogP contribution < -0.4 is 5.32 Å². The van der Waals surface area contributed by atoms with Crippen LogP contribution in [0.2, 0.25) is 5.02 Å². The van der Waals surface area contributed by atoms with Gasteiger partial charge in [-0.2, -0.15) is 13.2 Å². The van der Waals surface area contributed by atoms with E-state index >= 15 is 0 Å². The zero-order valence-electron chi connectivity index (χ0n) is 19.8. The molecule has 186 valence electrons. The highest BCUT2D eigenvalue weighted by molar-refractivity contribution is 6.31. The Morgan fingerprint density at radius 3 is 2.15 bits per heavy atom. The average molecular weight is 499 g/mol. The molecule has 1 aromatic carbocycles. The zero-order valence-corrected chi connectivity index (χ0v) is 20.6. The SMILES string of the molecule is Cc1cc(C(=O)CN2CCN(CC(=O)Nc3ccc(Cl)c(C(F)(F)F)c3)CC2)c(C)n1C(C)C. The summed E-state index contributed by atoms with van der Waals surface area (Å²) in [6.45, 7) is 10.9. The molecule has 6 nitrogen and oxygen atoms in total. The molecule has 0 saturated carbocycles. The van der Waals surface area contributed by atoms with E-state index in [0.717, 1.165) is 29.1 Å². The Kier molecular flexibility index (Phi) is 8.10. The van der Waals surface area contributed by atoms with E-state index < -0.39 is 22.7 Å². The molecule has 1 aliphatic heterocycles. The van der Waals surface area contributed by atoms with E-state index in [0.29, 0.717) is 32.7 Å². The number of nitrogens with one attached hydrogen (secondary N) is 1. The highest BCUT2D eigenvalue weighted by Gasteiger charge is 2.33. The molecule has 2 aromatic rings. The number of carbonyl (C=O) groups is 2. The number of Topliss-reactive ketones (excluding diaryl/α,β-unsaturated/α-hetero) is 1. The Hall–Kier alpha value is -2.36. The minimum atomic E-state index is -4.60. The van der Waals surface area contributed by atoms with E-state index in [9.17, 15) is 22.8 Å². The van der Waals surface area contributed by atoms with Gasteiger partial charge in [0, 0.05) is 54.9 Å². The lowest BCUT2D eigenvalue weighted by molar-refractivity contribution is -0.137. The molecular weight excluding hydrogens is 469 g/mol. The highest BCUT2D eigenvalue weighted by atomic mass is 35.5. The van der Waals surface area contributed by atoms with Gasteiger partial charge in [0.05, 0.1) is 23.7 Å². The number of carbonyl (C=O) groups excluding carboxylic acids is 2. The summed E-state index contributed by atoms with van der Waals surface area (Å²) in [5, 5.41) is 2.09. The van der Waals surface area contributed by atoms with Crippen molar-refractivity contribution in [1.82, 2.24) is 14.4 Å². The molecule has 1 N–H and O–H groups in total. The van der Waals surface area contributed by atoms with E-state index in [2.05, 4.69) is 28.6 Å². The number of benzene rings is 1. The van der Waals surface area contributed by atoms with Crippen LogP contribution in [0.15, 0.2) is 24.3 Å². The van der Waals surface area contributed by atoms with Crippen LogP contribution in [0.1, 0.15) is 47.2 Å². The second kappa shape index (κ2) is 10.5. The van der Waals surface area contributed by atoms with Crippen molar-refractivity contribution in [3.63, 3.8) is 0 Å². The molecule has 0 unspecified atom stereocenters. The van der Waals surface area contributed by atoms with Gasteiger partial charge in [-0.05, 0) is 52.0 Å². The number of rotatable bonds is 7. The summed E-state index contributed by atoms with van der Waals surface area (Å²) < 4.78 is 41.2. The van der Waals surface area contributed by atoms with Crippen molar-refractivity contribution in [3.8, 4) is 0 Å². The van der Waals surface area contributed by atoms with Crippen LogP contribution in [0.25, 0.3) is 0 Å². The summed E-state index contributed by atoms with van der Waals surface area (Å²) in [4.78, 5) is 29.2. The van der Waals surface area contributed by atoms with E-state index in [-0.39, 0.29) is 24.1 Å². The number of hydrogen-bond donors (Lipinski definition) is 1. The van der Waals surface area contributed by atoms with Gasteiger partial charge < -0.3 is 9.88 Å². The number of alkyl halides is 3. The van der Waals surface area contributed by atoms with E-state index in [1.807, 2.05) is 24.8 Å². The number of aryl methyl sites for hydroxylation is 1. The first-order valence-corrected chi connectivity index (χ1v) is 11.6. The maximum Gasteiger partial charge on any atom is 0.417 e. The third kappa shape index (κ3) is 6.20. The highest BCUT2D eigenvalue weighted by Crippen LogP contribution is 2.36. The fourth-order valence-corrected chi connectivity index (χ4v) is 4.70. The Bertz CT molecular complexity index is 1060. The van der Waals surface area contributed by atoms with Gasteiger partial charge in [-0.3, -0.25) is 19.4 Å². The first-order chi connectivity index (χ1) is 15.9. The van der Waals surface area contributed by atoms with Crippen molar-refractivity contribution in [2.24, 2.45) is 0 Å². The van der Waals surface area contributed by atoms with Crippen molar-refractivity contribution in [2.45, 2.75) is 39.9 Å². The van der Waals surface area contributed by atoms with Gasteiger partial charge in [0.15, 0.2) is 5.78 Å². The van der Waals surface area contributed by atoms with Crippen molar-refractivity contribution >= 4 is 29.0 Å². The lowest BCUT2D eigenvalue weighted by Crippen LogP contribution is -2.49. The van der Waals surface area contributed by atoms with Gasteiger partial charge in [0.1, 0.15) is 0 Å². The smallest absolute Gasteiger partial charge is 0.346 e. The zero-order chi connectivity index (χ0) is 25.2. The lowest BCUT2D eigenvalue weighted by Gasteiger charge is -2.33. The molecule has 0 radical (unpaired) electrons. The Morgan fingerprint density at radius 2 is 1.62 bits per heavy atom. The number of ketones is 1. The van der Waals surface area contributed by atoms with Gasteiger partial charge in [-0.25, -0.2) is 0 Å². The van der Waals surface area contributed by atoms with Crippen molar-refractivity contribution in [3.05, 3.63) is 51.8 Å². The predicted molar refractivity (Wildman–Crippen MR) is 127 cm³/mol. The molecule has 0 bridgehead atoms. The number of hydrogen-bond acceptors (Lipinski definition) is 4. The first kappa shape index (κ1) is 26.2. The van der Waals surface area contributed by atoms with Crippen LogP contribution in [0.4, 0.5) is 18.9 Å². The molecule has 34 heavy (non-hydrogen) atoms. The Morgan fingerprint density at radius 1 is 1.03 bits per heavy atom. The van der Waals surface area contributed by atoms with Gasteiger partial charge in [-0.1, -0.05) is 11.6 Å². The van der Waals surface area contributed by atoms with E-state index in [1.165, 1.54) is 6.07 Å². The fraction of sp³-hybridized carbons (Fsp3) is 0.500. The molecule has 1 fully saturated rings. The van der Waals surface area contributed by atoms with Crippen LogP contribution in [0.3, 0.4) is 0 Å². The van der Waals surface area contributed by atoms with E-state index in [4.69, 9.17) is 11.6 Å². The summed E-state index contributed by atoms with van der Waals surface area (Å²) in [5.41, 5.74) is 1.84. The van der Waals surface area contributed by atoms with Gasteiger partial charge >= 0.3 is 6.18 Å². The number of aromatic nitrogens is 1. The molecule has 1 saturated heterocycles. The molecule has 0 spiro atoms. The minimum absolute atomic E-state index is 0.0463. The third-order valence-electron chi connectivity index (χ3n) is 6.06. The predicted octanol–water partition coefficient (Wildman–Crippen LogP) is 4.80. The quantitative estimate of drug-likeness (QED) is 0.557. The molecule has 10 heteroatoms. The summed E-state index contributed by atoms with van der Waals surface area (Å²) in [7, 11) is 0. The second-order valence-electron chi connectivity index (χ2n) is 8.96. The maximum absolute atomic E-state index is 13.0. The number of piperazine rings is 1. The standard InChI is InChI=1S/C24H30ClF3N4O2/c1-15(2)32-16(3)11-19(17(32)4)22(33)13-30-7-9-31(10-8-30)14-23(34)29-18-5-6-21(25)20(12-18)24(26,27)28/h5-6,11-12,15H,7-10,13-14H2,1-4H3,(H,29,34). The Balaban J connectivity index is 1.50. The summed E-state index contributed by atoms with van der Waals surface area (Å²) in [5.74, 6) is -0.324. The summed E-state index contributed by atoms with van der Waals surface area (Å²) in [6, 6.07) is 5.52. The molecule has 1 aromatic heterocycles. The lowest BCUT2D eigenvalue weighted by atomic mass is 10.1. The number of amides is 1. The molecule has 0 atom stereocenters. The van der Waals surface area contributed by atoms with Crippen molar-refractivity contribution < 1.29 is 22.8 Å². The van der Waals surface area contributed by atoms with Crippen LogP contribution in [-0.2, 0) is 11.0 Å². The molecule has 0 aliphatic carbocycles. The maximum atomic E-state index is 13.0. The normalized spacial score (nSPS) is 15.7. The summed E-state index contributed by atoms with van der Waals surface area (Å²) in [6.07, 6.45) is -4.60. The summed E-state index contributed by atoms with van der Waals surface area (Å²) >= 11 is 5.62. The number of nitrogens with zero attached hydrogens (tertiary/aromatic N) is 3. The molecule has 1 amide bonds. The van der Waals surface area contributed by atoms with Gasteiger partial charge in [0.2, 0.25) is 5.91 Å². The first-order valence-electron chi connectivity index (χ1n) is 11.2. The largest absolute Gasteiger partial charge is 0.417 e. The van der Waals surface area contributed by atoms with Crippen LogP contribution in [0.5, 0.6) is 0 Å². The second-order valence-corrected chi connectivity index (χ2v) is 9.37. The third-order valence-corrected chi connectivity index (χ3v) is 6.39. The molecular formula is C24H30ClF3N4O2. The van der Waals surface area contributed by atoms with Crippen LogP contribution >= 0.6 is 11.6 Å². The van der Waals surface area contributed by atoms with Gasteiger partial charge in [-0.15, -0.1) is 0 Å². The van der Waals surface area contributed by atoms with E-state index in [1.54, 1.807) is 0 Å². The number of anilines is 1. The van der Waals surface area contributed by atoms with Crippen LogP contribution in [0, 0.1) is 13.8 Å². The average Bonchev–Trinajstić information content (AvgIpc) is 3.04. The fourth-order valence-electron chi connectivity index (χ4n) is 4.47. The molecule has 3 rings (SSSR count). The van der Waals surface area contributed by atoms with Crippen molar-refractivity contribution in [2.75, 3.05) is 44.6 Å². The minimum Gasteiger partial charge on any atom is -0.346 e. The molecule has 1 aliphatic rings. The molecule has 2 heterocycles. The Labute approximate surface area is 202 Å². The van der Waals surface area contributed by atoms with Crippen molar-refractivity contribution in [1.29, 1.82) is 0 Å². The van der Waals surface area contributed by atoms with Crippen LogP contribution in [-0.4, -0.2) is 65.3 Å². The topological polar surface area (TPSA) is 57.6 Å². The van der Waals surface area contributed by atoms with Gasteiger partial charge in [0.25, 0.3) is 0 Å². The monoisotopic (exact) mass is 498 g/mol. The number of halogens is 4.